The molecule has 0 rings (SSSR count). The Bertz CT molecular complexity index is 112. The number of halogens is 1. The summed E-state index contributed by atoms with van der Waals surface area (Å²) < 4.78 is 11.4. The highest BCUT2D eigenvalue weighted by molar-refractivity contribution is 7.99. The molecule has 0 aromatic carbocycles. The molecule has 1 unspecified atom stereocenters. The zero-order valence-corrected chi connectivity index (χ0v) is 6.23. The molecule has 5 heteroatoms. The molecule has 0 fully saturated rings. The van der Waals surface area contributed by atoms with Crippen molar-refractivity contribution in [3.05, 3.63) is 0 Å². The van der Waals surface area contributed by atoms with E-state index >= 15 is 0 Å². The number of carboxylic acid groups (broad SMARTS) is 1. The average molecular weight is 166 g/mol. The molecule has 10 heavy (non-hydrogen) atoms. The third-order valence-corrected chi connectivity index (χ3v) is 1.65. The summed E-state index contributed by atoms with van der Waals surface area (Å²) in [5.74, 6) is -0.566. The Balaban J connectivity index is 3.21. The number of nitrogens with two attached hydrogens (primary N) is 1. The van der Waals surface area contributed by atoms with E-state index in [4.69, 9.17) is 10.8 Å². The zero-order chi connectivity index (χ0) is 7.98. The molecule has 0 bridgehead atoms. The number of carboxylic acids is 1. The number of rotatable bonds is 5. The zero-order valence-electron chi connectivity index (χ0n) is 5.42. The Labute approximate surface area is 62.8 Å². The van der Waals surface area contributed by atoms with Gasteiger partial charge >= 0.3 is 5.97 Å². The van der Waals surface area contributed by atoms with Crippen LogP contribution in [0, 0.1) is 0 Å². The van der Waals surface area contributed by atoms with Gasteiger partial charge in [-0.15, -0.1) is 11.8 Å². The topological polar surface area (TPSA) is 63.3 Å². The van der Waals surface area contributed by atoms with E-state index in [0.29, 0.717) is 12.2 Å². The molecular formula is C5H10FNO2S. The fourth-order valence-corrected chi connectivity index (χ4v) is 0.918. The Kier molecular flexibility index (Phi) is 5.33. The summed E-state index contributed by atoms with van der Waals surface area (Å²) in [6.07, 6.45) is 0.323. The lowest BCUT2D eigenvalue weighted by Gasteiger charge is -2.02. The molecule has 0 spiro atoms. The summed E-state index contributed by atoms with van der Waals surface area (Å²) in [6.45, 7) is 0. The second-order valence-electron chi connectivity index (χ2n) is 1.75. The Morgan fingerprint density at radius 2 is 2.40 bits per heavy atom. The largest absolute Gasteiger partial charge is 0.480 e. The van der Waals surface area contributed by atoms with Crippen LogP contribution >= 0.6 is 11.8 Å². The second-order valence-corrected chi connectivity index (χ2v) is 2.79. The molecule has 0 amide bonds. The lowest BCUT2D eigenvalue weighted by Crippen LogP contribution is -2.30. The minimum absolute atomic E-state index is 0.323. The van der Waals surface area contributed by atoms with Crippen LogP contribution in [0.4, 0.5) is 4.39 Å². The summed E-state index contributed by atoms with van der Waals surface area (Å²) in [5.41, 5.74) is 5.12. The molecule has 0 saturated heterocycles. The molecular weight excluding hydrogens is 156 g/mol. The molecule has 0 radical (unpaired) electrons. The molecule has 0 heterocycles. The predicted molar refractivity (Wildman–Crippen MR) is 38.7 cm³/mol. The number of alkyl halides is 1. The minimum Gasteiger partial charge on any atom is -0.480 e. The van der Waals surface area contributed by atoms with Crippen LogP contribution in [0.2, 0.25) is 0 Å². The van der Waals surface area contributed by atoms with E-state index in [1.807, 2.05) is 0 Å². The van der Waals surface area contributed by atoms with Gasteiger partial charge in [0.05, 0.1) is 0 Å². The SMILES string of the molecule is NC(CCSC[18F])C(=O)O. The van der Waals surface area contributed by atoms with Crippen LogP contribution in [0.25, 0.3) is 0 Å². The van der Waals surface area contributed by atoms with Crippen LogP contribution in [0.15, 0.2) is 0 Å². The summed E-state index contributed by atoms with van der Waals surface area (Å²) in [6, 6.07) is -1.33. The summed E-state index contributed by atoms with van der Waals surface area (Å²) in [5, 5.41) is 8.25. The van der Waals surface area contributed by atoms with E-state index in [2.05, 4.69) is 0 Å². The van der Waals surface area contributed by atoms with Gasteiger partial charge in [-0.05, 0) is 12.2 Å². The first-order chi connectivity index (χ1) is 4.68. The van der Waals surface area contributed by atoms with Crippen LogP contribution in [0.1, 0.15) is 6.42 Å². The highest BCUT2D eigenvalue weighted by Crippen LogP contribution is 2.03. The second kappa shape index (κ2) is 5.49. The molecule has 0 saturated carbocycles. The maximum absolute atomic E-state index is 11.4. The Morgan fingerprint density at radius 3 is 2.80 bits per heavy atom. The number of thioether (sulfide) groups is 1. The number of hydrogen-bond acceptors (Lipinski definition) is 3. The van der Waals surface area contributed by atoms with E-state index in [-0.39, 0.29) is 0 Å². The van der Waals surface area contributed by atoms with Gasteiger partial charge in [-0.25, -0.2) is 4.39 Å². The quantitative estimate of drug-likeness (QED) is 0.582. The molecule has 0 aliphatic heterocycles. The third kappa shape index (κ3) is 4.58. The van der Waals surface area contributed by atoms with Crippen molar-refractivity contribution in [1.82, 2.24) is 0 Å². The van der Waals surface area contributed by atoms with Crippen molar-refractivity contribution in [3.8, 4) is 0 Å². The average Bonchev–Trinajstić information content (AvgIpc) is 1.88. The van der Waals surface area contributed by atoms with Crippen molar-refractivity contribution in [2.24, 2.45) is 5.73 Å². The van der Waals surface area contributed by atoms with Crippen LogP contribution in [0.5, 0.6) is 0 Å². The van der Waals surface area contributed by atoms with Crippen molar-refractivity contribution < 1.29 is 14.3 Å². The molecule has 3 N–H and O–H groups in total. The normalized spacial score (nSPS) is 13.0. The standard InChI is InChI=1S/C5H10FNO2S/c6-3-10-2-1-4(7)5(8)9/h4H,1-3,7H2,(H,8,9)/i6-1. The maximum atomic E-state index is 11.4. The smallest absolute Gasteiger partial charge is 0.320 e. The fraction of sp³-hybridized carbons (Fsp3) is 0.800. The number of hydrogen-bond donors (Lipinski definition) is 2. The van der Waals surface area contributed by atoms with Gasteiger partial charge in [-0.1, -0.05) is 0 Å². The first-order valence-corrected chi connectivity index (χ1v) is 3.96. The van der Waals surface area contributed by atoms with E-state index < -0.39 is 18.0 Å². The first-order valence-electron chi connectivity index (χ1n) is 2.80. The fourth-order valence-electron chi connectivity index (χ4n) is 0.388. The van der Waals surface area contributed by atoms with Crippen molar-refractivity contribution in [3.63, 3.8) is 0 Å². The summed E-state index contributed by atoms with van der Waals surface area (Å²) in [4.78, 5) is 10.1. The van der Waals surface area contributed by atoms with E-state index in [9.17, 15) is 9.18 Å². The third-order valence-electron chi connectivity index (χ3n) is 0.968. The van der Waals surface area contributed by atoms with Crippen molar-refractivity contribution in [2.75, 3.05) is 11.8 Å². The van der Waals surface area contributed by atoms with Crippen LogP contribution < -0.4 is 5.73 Å². The van der Waals surface area contributed by atoms with Gasteiger partial charge in [0.15, 0.2) is 0 Å². The molecule has 1 atom stereocenters. The van der Waals surface area contributed by atoms with Crippen LogP contribution in [0.3, 0.4) is 0 Å². The van der Waals surface area contributed by atoms with E-state index in [1.54, 1.807) is 0 Å². The van der Waals surface area contributed by atoms with Gasteiger partial charge in [0.2, 0.25) is 0 Å². The van der Waals surface area contributed by atoms with Gasteiger partial charge in [0.1, 0.15) is 12.0 Å². The molecule has 0 aliphatic rings. The van der Waals surface area contributed by atoms with Gasteiger partial charge in [0, 0.05) is 0 Å². The van der Waals surface area contributed by atoms with Crippen molar-refractivity contribution in [2.45, 2.75) is 12.5 Å². The summed E-state index contributed by atoms with van der Waals surface area (Å²) in [7, 11) is 0. The highest BCUT2D eigenvalue weighted by atomic mass is 32.2. The van der Waals surface area contributed by atoms with Gasteiger partial charge in [-0.3, -0.25) is 4.79 Å². The molecule has 0 aliphatic carbocycles. The van der Waals surface area contributed by atoms with E-state index in [0.717, 1.165) is 11.8 Å². The molecule has 0 aromatic rings. The highest BCUT2D eigenvalue weighted by Gasteiger charge is 2.09. The van der Waals surface area contributed by atoms with Crippen molar-refractivity contribution in [1.29, 1.82) is 0 Å². The van der Waals surface area contributed by atoms with Crippen LogP contribution in [-0.4, -0.2) is 28.9 Å². The Morgan fingerprint density at radius 1 is 1.80 bits per heavy atom. The lowest BCUT2D eigenvalue weighted by molar-refractivity contribution is -0.138. The lowest BCUT2D eigenvalue weighted by atomic mass is 10.2. The number of aliphatic carboxylic acids is 1. The number of carbonyl (C=O) groups is 1. The maximum Gasteiger partial charge on any atom is 0.320 e. The van der Waals surface area contributed by atoms with Gasteiger partial charge in [-0.2, -0.15) is 0 Å². The predicted octanol–water partition coefficient (Wildman–Crippen LogP) is 0.449. The monoisotopic (exact) mass is 166 g/mol. The summed E-state index contributed by atoms with van der Waals surface area (Å²) >= 11 is 1.04. The molecule has 3 nitrogen and oxygen atoms in total. The van der Waals surface area contributed by atoms with Crippen molar-refractivity contribution >= 4 is 17.7 Å². The van der Waals surface area contributed by atoms with Gasteiger partial charge in [0.25, 0.3) is 0 Å². The minimum atomic E-state index is -1.03. The van der Waals surface area contributed by atoms with Crippen LogP contribution in [-0.2, 0) is 4.79 Å². The van der Waals surface area contributed by atoms with E-state index in [1.165, 1.54) is 0 Å². The molecule has 60 valence electrons. The van der Waals surface area contributed by atoms with Gasteiger partial charge < -0.3 is 10.8 Å². The first kappa shape index (κ1) is 9.71. The molecule has 0 aromatic heterocycles. The Hall–Kier alpha value is -0.290.